The van der Waals surface area contributed by atoms with E-state index in [1.807, 2.05) is 6.92 Å². The molecule has 1 aromatic heterocycles. The molecule has 1 atom stereocenters. The Bertz CT molecular complexity index is 582. The Morgan fingerprint density at radius 3 is 3.05 bits per heavy atom. The maximum Gasteiger partial charge on any atom is 0.317 e. The van der Waals surface area contributed by atoms with Gasteiger partial charge in [0.15, 0.2) is 0 Å². The molecule has 1 aromatic rings. The van der Waals surface area contributed by atoms with Gasteiger partial charge in [-0.3, -0.25) is 9.89 Å². The number of urea groups is 1. The Balaban J connectivity index is 1.55. The summed E-state index contributed by atoms with van der Waals surface area (Å²) in [5.74, 6) is 0.112. The lowest BCUT2D eigenvalue weighted by Gasteiger charge is -2.20. The molecular formula is C15H23N5O2. The monoisotopic (exact) mass is 305 g/mol. The van der Waals surface area contributed by atoms with Crippen molar-refractivity contribution in [2.45, 2.75) is 45.2 Å². The van der Waals surface area contributed by atoms with Crippen LogP contribution in [-0.2, 0) is 24.2 Å². The largest absolute Gasteiger partial charge is 0.341 e. The molecule has 0 radical (unpaired) electrons. The molecule has 0 saturated carbocycles. The molecule has 1 aliphatic heterocycles. The molecule has 2 aliphatic rings. The topological polar surface area (TPSA) is 81.3 Å². The molecule has 1 saturated heterocycles. The van der Waals surface area contributed by atoms with Crippen molar-refractivity contribution in [3.8, 4) is 0 Å². The molecule has 2 heterocycles. The summed E-state index contributed by atoms with van der Waals surface area (Å²) in [5, 5.41) is 10.3. The van der Waals surface area contributed by atoms with Crippen LogP contribution >= 0.6 is 0 Å². The quantitative estimate of drug-likeness (QED) is 0.857. The van der Waals surface area contributed by atoms with Crippen LogP contribution in [-0.4, -0.2) is 58.1 Å². The zero-order chi connectivity index (χ0) is 15.7. The third-order valence-corrected chi connectivity index (χ3v) is 4.55. The van der Waals surface area contributed by atoms with Gasteiger partial charge in [-0.25, -0.2) is 4.79 Å². The second-order valence-electron chi connectivity index (χ2n) is 6.12. The summed E-state index contributed by atoms with van der Waals surface area (Å²) in [6, 6.07) is -0.238. The summed E-state index contributed by atoms with van der Waals surface area (Å²) < 4.78 is 0. The van der Waals surface area contributed by atoms with E-state index >= 15 is 0 Å². The van der Waals surface area contributed by atoms with E-state index in [0.717, 1.165) is 25.0 Å². The number of nitrogens with one attached hydrogen (secondary N) is 2. The van der Waals surface area contributed by atoms with Crippen molar-refractivity contribution >= 4 is 11.9 Å². The van der Waals surface area contributed by atoms with Crippen molar-refractivity contribution in [3.63, 3.8) is 0 Å². The highest BCUT2D eigenvalue weighted by atomic mass is 16.2. The van der Waals surface area contributed by atoms with Gasteiger partial charge in [0.2, 0.25) is 5.91 Å². The first-order valence-electron chi connectivity index (χ1n) is 7.93. The van der Waals surface area contributed by atoms with Crippen molar-refractivity contribution in [2.75, 3.05) is 20.1 Å². The number of likely N-dealkylation sites (tertiary alicyclic amines) is 1. The van der Waals surface area contributed by atoms with Gasteiger partial charge in [0.05, 0.1) is 18.3 Å². The molecular weight excluding hydrogens is 282 g/mol. The number of amides is 3. The van der Waals surface area contributed by atoms with Crippen LogP contribution in [0.5, 0.6) is 0 Å². The number of carbonyl (C=O) groups excluding carboxylic acids is 2. The van der Waals surface area contributed by atoms with Crippen molar-refractivity contribution in [2.24, 2.45) is 0 Å². The number of carbonyl (C=O) groups is 2. The van der Waals surface area contributed by atoms with E-state index < -0.39 is 0 Å². The number of nitrogens with zero attached hydrogens (tertiary/aromatic N) is 3. The van der Waals surface area contributed by atoms with Gasteiger partial charge in [0, 0.05) is 32.3 Å². The van der Waals surface area contributed by atoms with E-state index in [-0.39, 0.29) is 18.0 Å². The normalized spacial score (nSPS) is 20.4. The highest BCUT2D eigenvalue weighted by Crippen LogP contribution is 2.23. The average molecular weight is 305 g/mol. The van der Waals surface area contributed by atoms with Crippen molar-refractivity contribution in [3.05, 3.63) is 17.0 Å². The summed E-state index contributed by atoms with van der Waals surface area (Å²) in [6.07, 6.45) is 3.64. The minimum atomic E-state index is -0.148. The van der Waals surface area contributed by atoms with Crippen LogP contribution in [0.4, 0.5) is 4.79 Å². The lowest BCUT2D eigenvalue weighted by atomic mass is 10.2. The molecule has 22 heavy (non-hydrogen) atoms. The Morgan fingerprint density at radius 1 is 1.50 bits per heavy atom. The van der Waals surface area contributed by atoms with Crippen molar-refractivity contribution in [1.29, 1.82) is 0 Å². The lowest BCUT2D eigenvalue weighted by Crippen LogP contribution is -2.44. The van der Waals surface area contributed by atoms with Gasteiger partial charge in [-0.2, -0.15) is 5.10 Å². The maximum absolute atomic E-state index is 12.3. The van der Waals surface area contributed by atoms with Gasteiger partial charge in [0.1, 0.15) is 0 Å². The molecule has 120 valence electrons. The molecule has 3 amide bonds. The minimum absolute atomic E-state index is 0.0905. The molecule has 7 nitrogen and oxygen atoms in total. The van der Waals surface area contributed by atoms with E-state index in [4.69, 9.17) is 0 Å². The second-order valence-corrected chi connectivity index (χ2v) is 6.12. The summed E-state index contributed by atoms with van der Waals surface area (Å²) in [5.41, 5.74) is 3.44. The average Bonchev–Trinajstić information content (AvgIpc) is 3.16. The highest BCUT2D eigenvalue weighted by molar-refractivity contribution is 5.81. The molecule has 1 aliphatic carbocycles. The van der Waals surface area contributed by atoms with Gasteiger partial charge in [-0.15, -0.1) is 0 Å². The van der Waals surface area contributed by atoms with Gasteiger partial charge in [-0.05, 0) is 31.7 Å². The number of aromatic nitrogens is 2. The van der Waals surface area contributed by atoms with Crippen molar-refractivity contribution in [1.82, 2.24) is 25.3 Å². The van der Waals surface area contributed by atoms with Crippen LogP contribution in [0.1, 0.15) is 36.7 Å². The summed E-state index contributed by atoms with van der Waals surface area (Å²) in [7, 11) is 1.76. The lowest BCUT2D eigenvalue weighted by molar-refractivity contribution is -0.127. The summed E-state index contributed by atoms with van der Waals surface area (Å²) in [6.45, 7) is 3.75. The molecule has 1 fully saturated rings. The van der Waals surface area contributed by atoms with Crippen LogP contribution in [0.3, 0.4) is 0 Å². The Kier molecular flexibility index (Phi) is 4.04. The standard InChI is InChI=1S/C15H23N5O2/c1-3-20-8-10(7-14(20)21)16-15(22)19(2)9-13-11-5-4-6-12(11)17-18-13/h10H,3-9H2,1-2H3,(H,16,22)(H,17,18). The van der Waals surface area contributed by atoms with Gasteiger partial charge >= 0.3 is 6.03 Å². The highest BCUT2D eigenvalue weighted by Gasteiger charge is 2.30. The Hall–Kier alpha value is -2.05. The first-order valence-corrected chi connectivity index (χ1v) is 7.93. The van der Waals surface area contributed by atoms with E-state index in [9.17, 15) is 9.59 Å². The summed E-state index contributed by atoms with van der Waals surface area (Å²) >= 11 is 0. The molecule has 0 spiro atoms. The third-order valence-electron chi connectivity index (χ3n) is 4.55. The molecule has 2 N–H and O–H groups in total. The van der Waals surface area contributed by atoms with E-state index in [1.165, 1.54) is 11.3 Å². The number of fused-ring (bicyclic) bond motifs is 1. The van der Waals surface area contributed by atoms with E-state index in [1.54, 1.807) is 16.8 Å². The van der Waals surface area contributed by atoms with E-state index in [2.05, 4.69) is 15.5 Å². The van der Waals surface area contributed by atoms with Crippen LogP contribution < -0.4 is 5.32 Å². The number of aromatic amines is 1. The number of aryl methyl sites for hydroxylation is 1. The fraction of sp³-hybridized carbons (Fsp3) is 0.667. The molecule has 1 unspecified atom stereocenters. The summed E-state index contributed by atoms with van der Waals surface area (Å²) in [4.78, 5) is 27.4. The Morgan fingerprint density at radius 2 is 2.32 bits per heavy atom. The first-order chi connectivity index (χ1) is 10.6. The predicted octanol–water partition coefficient (Wildman–Crippen LogP) is 0.661. The van der Waals surface area contributed by atoms with Gasteiger partial charge in [0.25, 0.3) is 0 Å². The number of hydrogen-bond donors (Lipinski definition) is 2. The number of rotatable bonds is 4. The SMILES string of the molecule is CCN1CC(NC(=O)N(C)Cc2n[nH]c3c2CCC3)CC1=O. The zero-order valence-electron chi connectivity index (χ0n) is 13.2. The number of H-pyrrole nitrogens is 1. The molecule has 3 rings (SSSR count). The minimum Gasteiger partial charge on any atom is -0.341 e. The second kappa shape index (κ2) is 5.98. The van der Waals surface area contributed by atoms with Crippen LogP contribution in [0, 0.1) is 0 Å². The van der Waals surface area contributed by atoms with Crippen LogP contribution in [0.2, 0.25) is 0 Å². The number of likely N-dealkylation sites (N-methyl/N-ethyl adjacent to an activating group) is 1. The smallest absolute Gasteiger partial charge is 0.317 e. The van der Waals surface area contributed by atoms with Gasteiger partial charge < -0.3 is 15.1 Å². The van der Waals surface area contributed by atoms with Crippen LogP contribution in [0.25, 0.3) is 0 Å². The fourth-order valence-electron chi connectivity index (χ4n) is 3.27. The molecule has 7 heteroatoms. The fourth-order valence-corrected chi connectivity index (χ4v) is 3.27. The predicted molar refractivity (Wildman–Crippen MR) is 81.3 cm³/mol. The third kappa shape index (κ3) is 2.80. The van der Waals surface area contributed by atoms with E-state index in [0.29, 0.717) is 26.1 Å². The number of hydrogen-bond acceptors (Lipinski definition) is 3. The molecule has 0 aromatic carbocycles. The zero-order valence-corrected chi connectivity index (χ0v) is 13.2. The van der Waals surface area contributed by atoms with Crippen molar-refractivity contribution < 1.29 is 9.59 Å². The first kappa shape index (κ1) is 14.9. The molecule has 0 bridgehead atoms. The van der Waals surface area contributed by atoms with Crippen LogP contribution in [0.15, 0.2) is 0 Å². The van der Waals surface area contributed by atoms with Gasteiger partial charge in [-0.1, -0.05) is 0 Å². The Labute approximate surface area is 130 Å². The maximum atomic E-state index is 12.3.